The van der Waals surface area contributed by atoms with Gasteiger partial charge in [-0.3, -0.25) is 14.2 Å². The first kappa shape index (κ1) is 23.7. The Bertz CT molecular complexity index is 1370. The van der Waals surface area contributed by atoms with E-state index in [2.05, 4.69) is 4.98 Å². The molecule has 0 amide bonds. The van der Waals surface area contributed by atoms with Crippen molar-refractivity contribution in [1.82, 2.24) is 9.55 Å². The van der Waals surface area contributed by atoms with Crippen LogP contribution in [0.25, 0.3) is 11.4 Å². The van der Waals surface area contributed by atoms with Crippen molar-refractivity contribution in [3.63, 3.8) is 0 Å². The van der Waals surface area contributed by atoms with Crippen LogP contribution in [0, 0.1) is 12.7 Å². The van der Waals surface area contributed by atoms with Crippen LogP contribution < -0.4 is 14.2 Å². The van der Waals surface area contributed by atoms with Crippen molar-refractivity contribution in [2.75, 3.05) is 21.3 Å². The highest BCUT2D eigenvalue weighted by Gasteiger charge is 2.24. The summed E-state index contributed by atoms with van der Waals surface area (Å²) in [5.41, 5.74) is 2.21. The Morgan fingerprint density at radius 3 is 1.94 bits per heavy atom. The van der Waals surface area contributed by atoms with Gasteiger partial charge in [-0.25, -0.2) is 9.37 Å². The molecule has 0 aliphatic carbocycles. The Morgan fingerprint density at radius 2 is 1.40 bits per heavy atom. The maximum Gasteiger partial charge on any atom is 0.263 e. The Balaban J connectivity index is 1.89. The molecule has 0 saturated carbocycles. The van der Waals surface area contributed by atoms with Crippen molar-refractivity contribution in [2.45, 2.75) is 6.92 Å². The number of rotatable bonds is 7. The van der Waals surface area contributed by atoms with Gasteiger partial charge in [0.25, 0.3) is 5.91 Å². The number of halogens is 1. The highest BCUT2D eigenvalue weighted by atomic mass is 19.1. The number of hydrogen-bond acceptors (Lipinski definition) is 6. The van der Waals surface area contributed by atoms with Crippen molar-refractivity contribution in [3.8, 4) is 28.6 Å². The normalized spacial score (nSPS) is 10.7. The molecule has 0 bridgehead atoms. The Labute approximate surface area is 201 Å². The van der Waals surface area contributed by atoms with Crippen LogP contribution in [0.1, 0.15) is 32.0 Å². The van der Waals surface area contributed by atoms with Gasteiger partial charge in [0.2, 0.25) is 11.5 Å². The number of carbonyl (C=O) groups is 2. The standard InChI is InChI=1S/C27H23FN2O5/c1-16-5-7-17(8-6-16)24(31)21-15-30(27(32)18-9-11-20(28)12-10-18)26(29-21)19-13-22(33-2)25(35-4)23(14-19)34-3/h5-15H,1-4H3. The van der Waals surface area contributed by atoms with Gasteiger partial charge in [0.05, 0.1) is 21.3 Å². The van der Waals surface area contributed by atoms with E-state index in [1.807, 2.05) is 19.1 Å². The summed E-state index contributed by atoms with van der Waals surface area (Å²) in [4.78, 5) is 31.1. The lowest BCUT2D eigenvalue weighted by Gasteiger charge is -2.14. The first-order chi connectivity index (χ1) is 16.9. The van der Waals surface area contributed by atoms with Gasteiger partial charge in [-0.2, -0.15) is 0 Å². The zero-order valence-corrected chi connectivity index (χ0v) is 19.7. The number of benzene rings is 3. The number of hydrogen-bond donors (Lipinski definition) is 0. The van der Waals surface area contributed by atoms with Gasteiger partial charge >= 0.3 is 0 Å². The number of methoxy groups -OCH3 is 3. The molecule has 178 valence electrons. The molecule has 4 rings (SSSR count). The van der Waals surface area contributed by atoms with E-state index in [4.69, 9.17) is 14.2 Å². The van der Waals surface area contributed by atoms with Crippen molar-refractivity contribution in [3.05, 3.63) is 95.1 Å². The third-order valence-electron chi connectivity index (χ3n) is 5.49. The van der Waals surface area contributed by atoms with Crippen LogP contribution in [0.15, 0.2) is 66.9 Å². The minimum atomic E-state index is -0.482. The summed E-state index contributed by atoms with van der Waals surface area (Å²) in [5, 5.41) is 0. The topological polar surface area (TPSA) is 79.7 Å². The number of nitrogens with zero attached hydrogens (tertiary/aromatic N) is 2. The van der Waals surface area contributed by atoms with E-state index in [0.29, 0.717) is 28.4 Å². The Kier molecular flexibility index (Phi) is 6.64. The monoisotopic (exact) mass is 474 g/mol. The molecule has 0 radical (unpaired) electrons. The van der Waals surface area contributed by atoms with Crippen LogP contribution in [-0.4, -0.2) is 42.6 Å². The molecular weight excluding hydrogens is 451 g/mol. The minimum Gasteiger partial charge on any atom is -0.493 e. The smallest absolute Gasteiger partial charge is 0.263 e. The molecule has 1 heterocycles. The lowest BCUT2D eigenvalue weighted by atomic mass is 10.1. The molecule has 0 aliphatic rings. The highest BCUT2D eigenvalue weighted by Crippen LogP contribution is 2.41. The SMILES string of the molecule is COc1cc(-c2nc(C(=O)c3ccc(C)cc3)cn2C(=O)c2ccc(F)cc2)cc(OC)c1OC. The molecule has 0 unspecified atom stereocenters. The van der Waals surface area contributed by atoms with E-state index in [-0.39, 0.29) is 22.9 Å². The molecule has 0 saturated heterocycles. The molecule has 0 spiro atoms. The quantitative estimate of drug-likeness (QED) is 0.353. The molecule has 35 heavy (non-hydrogen) atoms. The lowest BCUT2D eigenvalue weighted by molar-refractivity contribution is 0.0961. The predicted molar refractivity (Wildman–Crippen MR) is 128 cm³/mol. The summed E-state index contributed by atoms with van der Waals surface area (Å²) in [5.74, 6) is -0.0124. The summed E-state index contributed by atoms with van der Waals surface area (Å²) in [7, 11) is 4.44. The predicted octanol–water partition coefficient (Wildman–Crippen LogP) is 4.94. The van der Waals surface area contributed by atoms with Crippen LogP contribution in [0.5, 0.6) is 17.2 Å². The molecule has 0 atom stereocenters. The van der Waals surface area contributed by atoms with E-state index in [1.54, 1.807) is 24.3 Å². The molecule has 8 heteroatoms. The van der Waals surface area contributed by atoms with Crippen LogP contribution >= 0.6 is 0 Å². The van der Waals surface area contributed by atoms with Gasteiger partial charge in [-0.05, 0) is 43.3 Å². The van der Waals surface area contributed by atoms with E-state index in [0.717, 1.165) is 5.56 Å². The molecule has 1 aromatic heterocycles. The third-order valence-corrected chi connectivity index (χ3v) is 5.49. The fraction of sp³-hybridized carbons (Fsp3) is 0.148. The maximum absolute atomic E-state index is 13.4. The molecule has 7 nitrogen and oxygen atoms in total. The van der Waals surface area contributed by atoms with Crippen LogP contribution in [0.2, 0.25) is 0 Å². The zero-order valence-electron chi connectivity index (χ0n) is 19.7. The lowest BCUT2D eigenvalue weighted by Crippen LogP contribution is -2.13. The van der Waals surface area contributed by atoms with E-state index < -0.39 is 11.7 Å². The third kappa shape index (κ3) is 4.63. The molecular formula is C27H23FN2O5. The van der Waals surface area contributed by atoms with Crippen LogP contribution in [0.3, 0.4) is 0 Å². The Hall–Kier alpha value is -4.46. The van der Waals surface area contributed by atoms with Gasteiger partial charge in [0.15, 0.2) is 11.5 Å². The zero-order chi connectivity index (χ0) is 25.1. The largest absolute Gasteiger partial charge is 0.493 e. The van der Waals surface area contributed by atoms with Crippen molar-refractivity contribution >= 4 is 11.7 Å². The summed E-state index contributed by atoms with van der Waals surface area (Å²) in [6.45, 7) is 1.92. The number of imidazole rings is 1. The Morgan fingerprint density at radius 1 is 0.829 bits per heavy atom. The van der Waals surface area contributed by atoms with E-state index >= 15 is 0 Å². The van der Waals surface area contributed by atoms with E-state index in [9.17, 15) is 14.0 Å². The maximum atomic E-state index is 13.4. The summed E-state index contributed by atoms with van der Waals surface area (Å²) in [6.07, 6.45) is 1.38. The van der Waals surface area contributed by atoms with Gasteiger partial charge in [0.1, 0.15) is 17.3 Å². The summed E-state index contributed by atoms with van der Waals surface area (Å²) >= 11 is 0. The second-order valence-corrected chi connectivity index (χ2v) is 7.74. The first-order valence-electron chi connectivity index (χ1n) is 10.7. The number of ether oxygens (including phenoxy) is 3. The van der Waals surface area contributed by atoms with Crippen LogP contribution in [-0.2, 0) is 0 Å². The second kappa shape index (κ2) is 9.80. The van der Waals surface area contributed by atoms with Gasteiger partial charge in [-0.15, -0.1) is 0 Å². The number of aromatic nitrogens is 2. The molecule has 3 aromatic carbocycles. The highest BCUT2D eigenvalue weighted by molar-refractivity contribution is 6.09. The number of aryl methyl sites for hydroxylation is 1. The average Bonchev–Trinajstić information content (AvgIpc) is 3.33. The van der Waals surface area contributed by atoms with Gasteiger partial charge in [-0.1, -0.05) is 29.8 Å². The fourth-order valence-corrected chi connectivity index (χ4v) is 3.64. The number of carbonyl (C=O) groups excluding carboxylic acids is 2. The molecule has 0 fully saturated rings. The van der Waals surface area contributed by atoms with Crippen molar-refractivity contribution in [2.24, 2.45) is 0 Å². The molecule has 0 aliphatic heterocycles. The number of ketones is 1. The molecule has 0 N–H and O–H groups in total. The minimum absolute atomic E-state index is 0.0769. The first-order valence-corrected chi connectivity index (χ1v) is 10.7. The van der Waals surface area contributed by atoms with Gasteiger partial charge in [0, 0.05) is 22.9 Å². The van der Waals surface area contributed by atoms with Crippen LogP contribution in [0.4, 0.5) is 4.39 Å². The second-order valence-electron chi connectivity index (χ2n) is 7.74. The van der Waals surface area contributed by atoms with Gasteiger partial charge < -0.3 is 14.2 Å². The molecule has 4 aromatic rings. The fourth-order valence-electron chi connectivity index (χ4n) is 3.64. The van der Waals surface area contributed by atoms with Crippen molar-refractivity contribution in [1.29, 1.82) is 0 Å². The average molecular weight is 474 g/mol. The summed E-state index contributed by atoms with van der Waals surface area (Å²) < 4.78 is 31.0. The van der Waals surface area contributed by atoms with Crippen molar-refractivity contribution < 1.29 is 28.2 Å². The summed E-state index contributed by atoms with van der Waals surface area (Å²) in [6, 6.07) is 15.5. The van der Waals surface area contributed by atoms with E-state index in [1.165, 1.54) is 56.4 Å².